The van der Waals surface area contributed by atoms with E-state index in [9.17, 15) is 0 Å². The third kappa shape index (κ3) is 3.43. The Bertz CT molecular complexity index is 272. The number of halogens is 1. The van der Waals surface area contributed by atoms with Gasteiger partial charge in [-0.15, -0.1) is 0 Å². The van der Waals surface area contributed by atoms with Gasteiger partial charge in [0, 0.05) is 11.0 Å². The van der Waals surface area contributed by atoms with Gasteiger partial charge in [0.2, 0.25) is 0 Å². The number of aryl methyl sites for hydroxylation is 1. The zero-order valence-electron chi connectivity index (χ0n) is 9.18. The van der Waals surface area contributed by atoms with Crippen molar-refractivity contribution in [3.8, 4) is 0 Å². The smallest absolute Gasteiger partial charge is 0.0234 e. The molecule has 78 valence electrons. The second-order valence-electron chi connectivity index (χ2n) is 3.60. The highest BCUT2D eigenvalue weighted by molar-refractivity contribution is 9.10. The minimum absolute atomic E-state index is 1.05. The van der Waals surface area contributed by atoms with Crippen LogP contribution in [0, 0.1) is 6.92 Å². The van der Waals surface area contributed by atoms with E-state index in [4.69, 9.17) is 0 Å². The van der Waals surface area contributed by atoms with Crippen LogP contribution < -0.4 is 0 Å². The van der Waals surface area contributed by atoms with Crippen LogP contribution in [-0.4, -0.2) is 18.0 Å². The summed E-state index contributed by atoms with van der Waals surface area (Å²) in [5, 5.41) is 0. The minimum atomic E-state index is 1.05. The van der Waals surface area contributed by atoms with Crippen LogP contribution in [0.3, 0.4) is 0 Å². The first kappa shape index (κ1) is 11.7. The Morgan fingerprint density at radius 2 is 1.79 bits per heavy atom. The second kappa shape index (κ2) is 5.52. The molecule has 1 aromatic rings. The molecule has 0 heterocycles. The van der Waals surface area contributed by atoms with Crippen molar-refractivity contribution >= 4 is 15.9 Å². The molecule has 14 heavy (non-hydrogen) atoms. The van der Waals surface area contributed by atoms with Crippen LogP contribution in [0.15, 0.2) is 22.7 Å². The van der Waals surface area contributed by atoms with E-state index in [-0.39, 0.29) is 0 Å². The monoisotopic (exact) mass is 255 g/mol. The average Bonchev–Trinajstić information content (AvgIpc) is 2.12. The largest absolute Gasteiger partial charge is 0.300 e. The molecule has 1 rings (SSSR count). The molecule has 2 heteroatoms. The molecule has 0 bridgehead atoms. The maximum absolute atomic E-state index is 3.53. The van der Waals surface area contributed by atoms with E-state index in [1.807, 2.05) is 0 Å². The fourth-order valence-electron chi connectivity index (χ4n) is 1.61. The van der Waals surface area contributed by atoms with Crippen molar-refractivity contribution in [2.45, 2.75) is 27.3 Å². The lowest BCUT2D eigenvalue weighted by molar-refractivity contribution is 0.296. The fraction of sp³-hybridized carbons (Fsp3) is 0.500. The van der Waals surface area contributed by atoms with Gasteiger partial charge in [0.05, 0.1) is 0 Å². The predicted octanol–water partition coefficient (Wildman–Crippen LogP) is 3.60. The molecule has 0 fully saturated rings. The van der Waals surface area contributed by atoms with Gasteiger partial charge in [0.1, 0.15) is 0 Å². The van der Waals surface area contributed by atoms with Crippen LogP contribution in [0.4, 0.5) is 0 Å². The minimum Gasteiger partial charge on any atom is -0.300 e. The zero-order valence-corrected chi connectivity index (χ0v) is 10.8. The maximum atomic E-state index is 3.53. The van der Waals surface area contributed by atoms with E-state index in [0.717, 1.165) is 19.6 Å². The van der Waals surface area contributed by atoms with E-state index < -0.39 is 0 Å². The van der Waals surface area contributed by atoms with Crippen LogP contribution >= 0.6 is 15.9 Å². The number of rotatable bonds is 4. The van der Waals surface area contributed by atoms with Crippen molar-refractivity contribution in [3.05, 3.63) is 33.8 Å². The van der Waals surface area contributed by atoms with Gasteiger partial charge in [-0.05, 0) is 43.3 Å². The molecule has 1 aromatic carbocycles. The van der Waals surface area contributed by atoms with E-state index in [0.29, 0.717) is 0 Å². The number of benzene rings is 1. The number of hydrogen-bond donors (Lipinski definition) is 0. The van der Waals surface area contributed by atoms with Crippen LogP contribution in [0.5, 0.6) is 0 Å². The van der Waals surface area contributed by atoms with Crippen LogP contribution in [0.1, 0.15) is 25.0 Å². The molecule has 0 atom stereocenters. The summed E-state index contributed by atoms with van der Waals surface area (Å²) in [4.78, 5) is 2.42. The molecular weight excluding hydrogens is 238 g/mol. The third-order valence-corrected chi connectivity index (χ3v) is 2.86. The zero-order chi connectivity index (χ0) is 10.6. The van der Waals surface area contributed by atoms with Crippen molar-refractivity contribution in [1.82, 2.24) is 4.90 Å². The molecule has 0 amide bonds. The number of hydrogen-bond acceptors (Lipinski definition) is 1. The Morgan fingerprint density at radius 1 is 1.14 bits per heavy atom. The summed E-state index contributed by atoms with van der Waals surface area (Å²) in [6, 6.07) is 6.60. The van der Waals surface area contributed by atoms with Crippen molar-refractivity contribution in [2.75, 3.05) is 13.1 Å². The summed E-state index contributed by atoms with van der Waals surface area (Å²) < 4.78 is 1.18. The number of nitrogens with zero attached hydrogens (tertiary/aromatic N) is 1. The second-order valence-corrected chi connectivity index (χ2v) is 4.51. The Labute approximate surface area is 95.2 Å². The first-order valence-corrected chi connectivity index (χ1v) is 5.93. The van der Waals surface area contributed by atoms with Gasteiger partial charge in [-0.1, -0.05) is 35.8 Å². The summed E-state index contributed by atoms with van der Waals surface area (Å²) in [5.74, 6) is 0. The molecule has 0 saturated heterocycles. The SMILES string of the molecule is CCN(CC)Cc1cc(C)cc(Br)c1. The van der Waals surface area contributed by atoms with Crippen LogP contribution in [0.2, 0.25) is 0 Å². The Hall–Kier alpha value is -0.340. The van der Waals surface area contributed by atoms with E-state index >= 15 is 0 Å². The van der Waals surface area contributed by atoms with Gasteiger partial charge in [-0.25, -0.2) is 0 Å². The normalized spacial score (nSPS) is 10.9. The van der Waals surface area contributed by atoms with Gasteiger partial charge >= 0.3 is 0 Å². The first-order valence-electron chi connectivity index (χ1n) is 5.14. The summed E-state index contributed by atoms with van der Waals surface area (Å²) >= 11 is 3.53. The van der Waals surface area contributed by atoms with Gasteiger partial charge in [0.15, 0.2) is 0 Å². The third-order valence-electron chi connectivity index (χ3n) is 2.40. The Balaban J connectivity index is 2.75. The predicted molar refractivity (Wildman–Crippen MR) is 65.5 cm³/mol. The van der Waals surface area contributed by atoms with Gasteiger partial charge in [-0.2, -0.15) is 0 Å². The van der Waals surface area contributed by atoms with Crippen molar-refractivity contribution < 1.29 is 0 Å². The van der Waals surface area contributed by atoms with Crippen molar-refractivity contribution in [2.24, 2.45) is 0 Å². The molecule has 1 nitrogen and oxygen atoms in total. The lowest BCUT2D eigenvalue weighted by Gasteiger charge is -2.18. The average molecular weight is 256 g/mol. The van der Waals surface area contributed by atoms with E-state index in [2.05, 4.69) is 59.8 Å². The lowest BCUT2D eigenvalue weighted by atomic mass is 10.1. The van der Waals surface area contributed by atoms with E-state index in [1.165, 1.54) is 15.6 Å². The summed E-state index contributed by atoms with van der Waals surface area (Å²) in [6.07, 6.45) is 0. The highest BCUT2D eigenvalue weighted by Crippen LogP contribution is 2.16. The molecule has 0 aliphatic heterocycles. The summed E-state index contributed by atoms with van der Waals surface area (Å²) in [7, 11) is 0. The molecule has 0 aliphatic carbocycles. The summed E-state index contributed by atoms with van der Waals surface area (Å²) in [5.41, 5.74) is 2.71. The van der Waals surface area contributed by atoms with Crippen LogP contribution in [0.25, 0.3) is 0 Å². The van der Waals surface area contributed by atoms with Crippen LogP contribution in [-0.2, 0) is 6.54 Å². The van der Waals surface area contributed by atoms with Gasteiger partial charge < -0.3 is 0 Å². The molecule has 0 saturated carbocycles. The first-order chi connectivity index (χ1) is 6.65. The maximum Gasteiger partial charge on any atom is 0.0234 e. The standard InChI is InChI=1S/C12H18BrN/c1-4-14(5-2)9-11-6-10(3)7-12(13)8-11/h6-8H,4-5,9H2,1-3H3. The highest BCUT2D eigenvalue weighted by atomic mass is 79.9. The lowest BCUT2D eigenvalue weighted by Crippen LogP contribution is -2.22. The molecule has 0 unspecified atom stereocenters. The van der Waals surface area contributed by atoms with Crippen molar-refractivity contribution in [1.29, 1.82) is 0 Å². The topological polar surface area (TPSA) is 3.24 Å². The van der Waals surface area contributed by atoms with E-state index in [1.54, 1.807) is 0 Å². The van der Waals surface area contributed by atoms with Crippen molar-refractivity contribution in [3.63, 3.8) is 0 Å². The molecule has 0 aromatic heterocycles. The van der Waals surface area contributed by atoms with Gasteiger partial charge in [-0.3, -0.25) is 4.90 Å². The quantitative estimate of drug-likeness (QED) is 0.795. The molecular formula is C12H18BrN. The van der Waals surface area contributed by atoms with Gasteiger partial charge in [0.25, 0.3) is 0 Å². The molecule has 0 spiro atoms. The molecule has 0 N–H and O–H groups in total. The molecule has 0 radical (unpaired) electrons. The fourth-order valence-corrected chi connectivity index (χ4v) is 2.26. The summed E-state index contributed by atoms with van der Waals surface area (Å²) in [6.45, 7) is 9.82. The molecule has 0 aliphatic rings. The Morgan fingerprint density at radius 3 is 2.29 bits per heavy atom. The Kier molecular flexibility index (Phi) is 4.63. The highest BCUT2D eigenvalue weighted by Gasteiger charge is 2.02.